The summed E-state index contributed by atoms with van der Waals surface area (Å²) < 4.78 is 5.42. The third-order valence-corrected chi connectivity index (χ3v) is 3.49. The Balaban J connectivity index is 1.71. The van der Waals surface area contributed by atoms with Crippen molar-refractivity contribution in [2.75, 3.05) is 13.2 Å². The molecule has 1 aliphatic heterocycles. The van der Waals surface area contributed by atoms with Gasteiger partial charge in [0.15, 0.2) is 0 Å². The molecule has 2 aromatic heterocycles. The van der Waals surface area contributed by atoms with Gasteiger partial charge in [-0.25, -0.2) is 4.98 Å². The SMILES string of the molecule is O=C(NC[C@H]1CCCO1)c1cnc(-c2cccnc2)[nH]c1=O. The Morgan fingerprint density at radius 2 is 2.36 bits per heavy atom. The van der Waals surface area contributed by atoms with Gasteiger partial charge in [-0.2, -0.15) is 0 Å². The highest BCUT2D eigenvalue weighted by molar-refractivity contribution is 5.93. The van der Waals surface area contributed by atoms with Gasteiger partial charge in [0.2, 0.25) is 0 Å². The van der Waals surface area contributed by atoms with E-state index in [1.807, 2.05) is 0 Å². The molecule has 0 saturated carbocycles. The van der Waals surface area contributed by atoms with E-state index in [4.69, 9.17) is 4.74 Å². The van der Waals surface area contributed by atoms with Gasteiger partial charge in [-0.05, 0) is 25.0 Å². The maximum Gasteiger partial charge on any atom is 0.264 e. The first kappa shape index (κ1) is 14.4. The smallest absolute Gasteiger partial charge is 0.264 e. The number of hydrogen-bond acceptors (Lipinski definition) is 5. The fraction of sp³-hybridized carbons (Fsp3) is 0.333. The summed E-state index contributed by atoms with van der Waals surface area (Å²) in [6.45, 7) is 1.13. The van der Waals surface area contributed by atoms with Gasteiger partial charge in [0.05, 0.1) is 6.10 Å². The van der Waals surface area contributed by atoms with Crippen molar-refractivity contribution < 1.29 is 9.53 Å². The summed E-state index contributed by atoms with van der Waals surface area (Å²) in [4.78, 5) is 34.8. The molecule has 22 heavy (non-hydrogen) atoms. The van der Waals surface area contributed by atoms with Crippen molar-refractivity contribution >= 4 is 5.91 Å². The highest BCUT2D eigenvalue weighted by Gasteiger charge is 2.18. The molecule has 3 heterocycles. The van der Waals surface area contributed by atoms with Crippen LogP contribution in [0.5, 0.6) is 0 Å². The number of rotatable bonds is 4. The lowest BCUT2D eigenvalue weighted by Gasteiger charge is -2.10. The molecule has 0 aliphatic carbocycles. The summed E-state index contributed by atoms with van der Waals surface area (Å²) in [5, 5.41) is 2.70. The number of ether oxygens (including phenoxy) is 1. The first-order chi connectivity index (χ1) is 10.7. The minimum absolute atomic E-state index is 0.00867. The Bertz CT molecular complexity index is 708. The Labute approximate surface area is 126 Å². The summed E-state index contributed by atoms with van der Waals surface area (Å²) in [5.41, 5.74) is 0.204. The normalized spacial score (nSPS) is 17.4. The van der Waals surface area contributed by atoms with Crippen LogP contribution in [0.3, 0.4) is 0 Å². The maximum atomic E-state index is 12.0. The molecular weight excluding hydrogens is 284 g/mol. The van der Waals surface area contributed by atoms with Crippen molar-refractivity contribution in [3.05, 3.63) is 46.6 Å². The van der Waals surface area contributed by atoms with Gasteiger partial charge in [0.25, 0.3) is 11.5 Å². The molecule has 0 unspecified atom stereocenters. The number of amides is 1. The number of carbonyl (C=O) groups is 1. The highest BCUT2D eigenvalue weighted by Crippen LogP contribution is 2.11. The van der Waals surface area contributed by atoms with Crippen LogP contribution in [-0.4, -0.2) is 40.1 Å². The van der Waals surface area contributed by atoms with E-state index in [9.17, 15) is 9.59 Å². The van der Waals surface area contributed by atoms with Crippen LogP contribution >= 0.6 is 0 Å². The Kier molecular flexibility index (Phi) is 4.24. The average molecular weight is 300 g/mol. The van der Waals surface area contributed by atoms with E-state index in [2.05, 4.69) is 20.3 Å². The second-order valence-electron chi connectivity index (χ2n) is 5.06. The van der Waals surface area contributed by atoms with E-state index in [1.165, 1.54) is 6.20 Å². The average Bonchev–Trinajstić information content (AvgIpc) is 3.07. The van der Waals surface area contributed by atoms with Gasteiger partial charge < -0.3 is 15.0 Å². The number of pyridine rings is 1. The molecule has 1 fully saturated rings. The number of nitrogens with zero attached hydrogens (tertiary/aromatic N) is 2. The van der Waals surface area contributed by atoms with Crippen LogP contribution in [0.1, 0.15) is 23.2 Å². The van der Waals surface area contributed by atoms with Crippen LogP contribution in [0.25, 0.3) is 11.4 Å². The molecule has 3 rings (SSSR count). The zero-order valence-corrected chi connectivity index (χ0v) is 11.9. The van der Waals surface area contributed by atoms with Gasteiger partial charge in [0.1, 0.15) is 11.4 Å². The van der Waals surface area contributed by atoms with E-state index in [0.29, 0.717) is 17.9 Å². The minimum atomic E-state index is -0.473. The van der Waals surface area contributed by atoms with Crippen LogP contribution < -0.4 is 10.9 Å². The second-order valence-corrected chi connectivity index (χ2v) is 5.06. The minimum Gasteiger partial charge on any atom is -0.376 e. The molecule has 0 bridgehead atoms. The third-order valence-electron chi connectivity index (χ3n) is 3.49. The molecule has 2 N–H and O–H groups in total. The molecule has 1 saturated heterocycles. The molecule has 7 nitrogen and oxygen atoms in total. The Morgan fingerprint density at radius 1 is 1.45 bits per heavy atom. The van der Waals surface area contributed by atoms with Gasteiger partial charge in [0, 0.05) is 37.3 Å². The van der Waals surface area contributed by atoms with Crippen LogP contribution in [0.15, 0.2) is 35.5 Å². The summed E-state index contributed by atoms with van der Waals surface area (Å²) >= 11 is 0. The van der Waals surface area contributed by atoms with E-state index in [1.54, 1.807) is 24.5 Å². The first-order valence-corrected chi connectivity index (χ1v) is 7.13. The summed E-state index contributed by atoms with van der Waals surface area (Å²) in [6, 6.07) is 3.53. The predicted octanol–water partition coefficient (Wildman–Crippen LogP) is 0.741. The molecule has 2 aromatic rings. The van der Waals surface area contributed by atoms with E-state index in [-0.39, 0.29) is 11.7 Å². The fourth-order valence-corrected chi connectivity index (χ4v) is 2.31. The van der Waals surface area contributed by atoms with Gasteiger partial charge in [-0.15, -0.1) is 0 Å². The molecule has 0 aromatic carbocycles. The summed E-state index contributed by atoms with van der Waals surface area (Å²) in [7, 11) is 0. The summed E-state index contributed by atoms with van der Waals surface area (Å²) in [6.07, 6.45) is 6.47. The number of hydrogen-bond donors (Lipinski definition) is 2. The Hall–Kier alpha value is -2.54. The maximum absolute atomic E-state index is 12.0. The quantitative estimate of drug-likeness (QED) is 0.868. The number of nitrogens with one attached hydrogen (secondary N) is 2. The van der Waals surface area contributed by atoms with Crippen molar-refractivity contribution in [3.63, 3.8) is 0 Å². The van der Waals surface area contributed by atoms with E-state index in [0.717, 1.165) is 19.4 Å². The molecular formula is C15H16N4O3. The van der Waals surface area contributed by atoms with Crippen LogP contribution in [0.2, 0.25) is 0 Å². The fourth-order valence-electron chi connectivity index (χ4n) is 2.31. The lowest BCUT2D eigenvalue weighted by molar-refractivity contribution is 0.0856. The van der Waals surface area contributed by atoms with Gasteiger partial charge in [-0.1, -0.05) is 0 Å². The second kappa shape index (κ2) is 6.48. The molecule has 7 heteroatoms. The van der Waals surface area contributed by atoms with E-state index >= 15 is 0 Å². The lowest BCUT2D eigenvalue weighted by Crippen LogP contribution is -2.35. The predicted molar refractivity (Wildman–Crippen MR) is 79.4 cm³/mol. The van der Waals surface area contributed by atoms with Crippen molar-refractivity contribution in [1.82, 2.24) is 20.3 Å². The molecule has 114 valence electrons. The van der Waals surface area contributed by atoms with Crippen molar-refractivity contribution in [1.29, 1.82) is 0 Å². The molecule has 1 amide bonds. The number of H-pyrrole nitrogens is 1. The first-order valence-electron chi connectivity index (χ1n) is 7.13. The molecule has 0 radical (unpaired) electrons. The highest BCUT2D eigenvalue weighted by atomic mass is 16.5. The number of carbonyl (C=O) groups excluding carboxylic acids is 1. The lowest BCUT2D eigenvalue weighted by atomic mass is 10.2. The standard InChI is InChI=1S/C15H16N4O3/c20-14(18-8-11-4-2-6-22-11)12-9-17-13(19-15(12)21)10-3-1-5-16-7-10/h1,3,5,7,9,11H,2,4,6,8H2,(H,18,20)(H,17,19,21)/t11-/m1/s1. The molecule has 1 atom stereocenters. The van der Waals surface area contributed by atoms with Crippen molar-refractivity contribution in [2.24, 2.45) is 0 Å². The monoisotopic (exact) mass is 300 g/mol. The molecule has 1 aliphatic rings. The largest absolute Gasteiger partial charge is 0.376 e. The summed E-state index contributed by atoms with van der Waals surface area (Å²) in [5.74, 6) is -0.0595. The zero-order valence-electron chi connectivity index (χ0n) is 11.9. The topological polar surface area (TPSA) is 97.0 Å². The van der Waals surface area contributed by atoms with Crippen LogP contribution in [-0.2, 0) is 4.74 Å². The van der Waals surface area contributed by atoms with Crippen LogP contribution in [0.4, 0.5) is 0 Å². The third kappa shape index (κ3) is 3.20. The Morgan fingerprint density at radius 3 is 3.05 bits per heavy atom. The van der Waals surface area contributed by atoms with Crippen molar-refractivity contribution in [3.8, 4) is 11.4 Å². The molecule has 0 spiro atoms. The zero-order chi connectivity index (χ0) is 15.4. The number of aromatic amines is 1. The van der Waals surface area contributed by atoms with Crippen molar-refractivity contribution in [2.45, 2.75) is 18.9 Å². The van der Waals surface area contributed by atoms with Gasteiger partial charge >= 0.3 is 0 Å². The van der Waals surface area contributed by atoms with Crippen LogP contribution in [0, 0.1) is 0 Å². The van der Waals surface area contributed by atoms with Gasteiger partial charge in [-0.3, -0.25) is 14.6 Å². The number of aromatic nitrogens is 3. The van der Waals surface area contributed by atoms with E-state index < -0.39 is 11.5 Å².